The maximum Gasteiger partial charge on any atom is 0.256 e. The lowest BCUT2D eigenvalue weighted by molar-refractivity contribution is -0.0220. The Balaban J connectivity index is 1.43. The molecule has 2 aromatic carbocycles. The van der Waals surface area contributed by atoms with Crippen LogP contribution in [0.1, 0.15) is 40.0 Å². The van der Waals surface area contributed by atoms with E-state index in [9.17, 15) is 30.8 Å². The number of carbonyl (C=O) groups excluding carboxylic acids is 1. The van der Waals surface area contributed by atoms with Gasteiger partial charge in [0.15, 0.2) is 15.7 Å². The number of amides is 1. The summed E-state index contributed by atoms with van der Waals surface area (Å²) in [5.41, 5.74) is 1.63. The van der Waals surface area contributed by atoms with Crippen LogP contribution in [0, 0.1) is 18.6 Å². The van der Waals surface area contributed by atoms with Crippen LogP contribution in [0.2, 0.25) is 0 Å². The van der Waals surface area contributed by atoms with Crippen molar-refractivity contribution in [3.63, 3.8) is 0 Å². The molecule has 0 saturated carbocycles. The zero-order chi connectivity index (χ0) is 26.7. The third-order valence-electron chi connectivity index (χ3n) is 6.88. The predicted molar refractivity (Wildman–Crippen MR) is 128 cm³/mol. The van der Waals surface area contributed by atoms with E-state index in [2.05, 4.69) is 5.10 Å². The van der Waals surface area contributed by atoms with Crippen molar-refractivity contribution in [2.24, 2.45) is 0 Å². The van der Waals surface area contributed by atoms with Gasteiger partial charge in [-0.1, -0.05) is 0 Å². The topological polar surface area (TPSA) is 75.5 Å². The molecule has 37 heavy (non-hydrogen) atoms. The van der Waals surface area contributed by atoms with Crippen LogP contribution in [0.15, 0.2) is 41.4 Å². The van der Waals surface area contributed by atoms with Crippen LogP contribution in [0.4, 0.5) is 23.2 Å². The van der Waals surface area contributed by atoms with Crippen molar-refractivity contribution in [1.29, 1.82) is 0 Å². The first-order valence-corrected chi connectivity index (χ1v) is 13.5. The molecule has 12 heteroatoms. The van der Waals surface area contributed by atoms with E-state index in [1.807, 2.05) is 0 Å². The number of piperidine rings is 1. The molecule has 1 amide bonds. The van der Waals surface area contributed by atoms with E-state index < -0.39 is 33.3 Å². The van der Waals surface area contributed by atoms with Crippen molar-refractivity contribution in [3.05, 3.63) is 70.5 Å². The van der Waals surface area contributed by atoms with E-state index in [-0.39, 0.29) is 60.7 Å². The second-order valence-electron chi connectivity index (χ2n) is 9.51. The lowest BCUT2D eigenvalue weighted by atomic mass is 10.0. The normalized spacial score (nSPS) is 17.2. The van der Waals surface area contributed by atoms with Crippen molar-refractivity contribution < 1.29 is 30.8 Å². The summed E-state index contributed by atoms with van der Waals surface area (Å²) in [5, 5.41) is 4.37. The van der Waals surface area contributed by atoms with Gasteiger partial charge in [-0.05, 0) is 37.3 Å². The summed E-state index contributed by atoms with van der Waals surface area (Å²) in [6.45, 7) is 1.61. The quantitative estimate of drug-likeness (QED) is 0.466. The van der Waals surface area contributed by atoms with Crippen molar-refractivity contribution in [2.45, 2.75) is 43.7 Å². The van der Waals surface area contributed by atoms with Gasteiger partial charge in [-0.3, -0.25) is 4.79 Å². The molecular weight excluding hydrogens is 512 g/mol. The van der Waals surface area contributed by atoms with Gasteiger partial charge >= 0.3 is 0 Å². The number of hydrogen-bond donors (Lipinski definition) is 0. The molecule has 3 heterocycles. The number of alkyl halides is 2. The van der Waals surface area contributed by atoms with Gasteiger partial charge in [0.2, 0.25) is 0 Å². The smallest absolute Gasteiger partial charge is 0.256 e. The lowest BCUT2D eigenvalue weighted by Crippen LogP contribution is -2.40. The van der Waals surface area contributed by atoms with Gasteiger partial charge in [0, 0.05) is 61.7 Å². The summed E-state index contributed by atoms with van der Waals surface area (Å²) in [5.74, 6) is -4.64. The Hall–Kier alpha value is -3.41. The largest absolute Gasteiger partial charge is 0.370 e. The van der Waals surface area contributed by atoms with Crippen molar-refractivity contribution in [2.75, 3.05) is 24.2 Å². The van der Waals surface area contributed by atoms with Gasteiger partial charge in [0.05, 0.1) is 22.7 Å². The highest BCUT2D eigenvalue weighted by Crippen LogP contribution is 2.35. The number of carbonyl (C=O) groups is 1. The molecule has 1 fully saturated rings. The van der Waals surface area contributed by atoms with E-state index in [0.717, 1.165) is 12.3 Å². The summed E-state index contributed by atoms with van der Waals surface area (Å²) < 4.78 is 81.3. The molecule has 0 unspecified atom stereocenters. The number of fused-ring (bicyclic) bond motifs is 1. The second-order valence-corrected chi connectivity index (χ2v) is 11.5. The molecule has 0 bridgehead atoms. The number of anilines is 1. The van der Waals surface area contributed by atoms with Gasteiger partial charge in [0.25, 0.3) is 11.8 Å². The minimum Gasteiger partial charge on any atom is -0.370 e. The molecule has 0 N–H and O–H groups in total. The van der Waals surface area contributed by atoms with E-state index in [0.29, 0.717) is 16.9 Å². The Morgan fingerprint density at radius 3 is 2.35 bits per heavy atom. The molecule has 2 aliphatic rings. The SMILES string of the molecule is Cc1c(F)ccc(-n2cc3c(n2)CN(C(=O)c2cc(S(C)(=O)=O)ccc2N2CCC(F)(F)CC2)C3)c1F. The van der Waals surface area contributed by atoms with Crippen LogP contribution in [0.3, 0.4) is 0 Å². The molecule has 2 aliphatic heterocycles. The standard InChI is InChI=1S/C25H24F4N4O3S/c1-15-19(26)4-6-22(23(15)27)33-13-16-12-32(14-20(16)30-33)24(34)18-11-17(37(2,35)36)3-5-21(18)31-9-7-25(28,29)8-10-31/h3-6,11,13H,7-10,12,14H2,1-2H3. The number of nitrogens with zero attached hydrogens (tertiary/aromatic N) is 4. The lowest BCUT2D eigenvalue weighted by Gasteiger charge is -2.35. The Kier molecular flexibility index (Phi) is 6.05. The minimum absolute atomic E-state index is 0.0287. The molecule has 5 rings (SSSR count). The average molecular weight is 537 g/mol. The molecule has 1 saturated heterocycles. The molecule has 1 aromatic heterocycles. The fourth-order valence-electron chi connectivity index (χ4n) is 4.68. The van der Waals surface area contributed by atoms with Gasteiger partial charge < -0.3 is 9.80 Å². The summed E-state index contributed by atoms with van der Waals surface area (Å²) in [6, 6.07) is 6.59. The first-order valence-electron chi connectivity index (χ1n) is 11.6. The Labute approximate surface area is 211 Å². The van der Waals surface area contributed by atoms with Crippen LogP contribution in [0.5, 0.6) is 0 Å². The van der Waals surface area contributed by atoms with Gasteiger partial charge in [-0.15, -0.1) is 0 Å². The third kappa shape index (κ3) is 4.70. The number of benzene rings is 2. The van der Waals surface area contributed by atoms with Crippen LogP contribution in [-0.4, -0.2) is 54.3 Å². The van der Waals surface area contributed by atoms with Gasteiger partial charge in [-0.2, -0.15) is 5.10 Å². The number of rotatable bonds is 4. The molecule has 196 valence electrons. The van der Waals surface area contributed by atoms with Crippen LogP contribution >= 0.6 is 0 Å². The fourth-order valence-corrected chi connectivity index (χ4v) is 5.33. The Morgan fingerprint density at radius 2 is 1.70 bits per heavy atom. The molecule has 0 aliphatic carbocycles. The van der Waals surface area contributed by atoms with Gasteiger partial charge in [0.1, 0.15) is 11.5 Å². The molecule has 3 aromatic rings. The zero-order valence-corrected chi connectivity index (χ0v) is 21.0. The Morgan fingerprint density at radius 1 is 1.03 bits per heavy atom. The van der Waals surface area contributed by atoms with Crippen molar-refractivity contribution >= 4 is 21.4 Å². The minimum atomic E-state index is -3.63. The highest BCUT2D eigenvalue weighted by molar-refractivity contribution is 7.90. The Bertz CT molecular complexity index is 1490. The van der Waals surface area contributed by atoms with Crippen molar-refractivity contribution in [3.8, 4) is 5.69 Å². The van der Waals surface area contributed by atoms with Gasteiger partial charge in [-0.25, -0.2) is 30.7 Å². The first kappa shape index (κ1) is 25.2. The maximum absolute atomic E-state index is 14.6. The number of hydrogen-bond acceptors (Lipinski definition) is 5. The predicted octanol–water partition coefficient (Wildman–Crippen LogP) is 4.25. The first-order chi connectivity index (χ1) is 17.3. The van der Waals surface area contributed by atoms with E-state index in [1.54, 1.807) is 11.1 Å². The summed E-state index contributed by atoms with van der Waals surface area (Å²) >= 11 is 0. The second kappa shape index (κ2) is 8.86. The number of aromatic nitrogens is 2. The van der Waals surface area contributed by atoms with Crippen LogP contribution in [-0.2, 0) is 22.9 Å². The molecule has 0 radical (unpaired) electrons. The monoisotopic (exact) mass is 536 g/mol. The third-order valence-corrected chi connectivity index (χ3v) is 7.99. The summed E-state index contributed by atoms with van der Waals surface area (Å²) in [7, 11) is -3.63. The maximum atomic E-state index is 14.6. The molecule has 0 spiro atoms. The number of halogens is 4. The molecule has 7 nitrogen and oxygen atoms in total. The van der Waals surface area contributed by atoms with Crippen LogP contribution in [0.25, 0.3) is 5.69 Å². The van der Waals surface area contributed by atoms with Crippen LogP contribution < -0.4 is 4.90 Å². The zero-order valence-electron chi connectivity index (χ0n) is 20.1. The van der Waals surface area contributed by atoms with E-state index >= 15 is 0 Å². The van der Waals surface area contributed by atoms with E-state index in [1.165, 1.54) is 40.8 Å². The fraction of sp³-hybridized carbons (Fsp3) is 0.360. The number of sulfone groups is 1. The molecule has 0 atom stereocenters. The van der Waals surface area contributed by atoms with Crippen molar-refractivity contribution in [1.82, 2.24) is 14.7 Å². The summed E-state index contributed by atoms with van der Waals surface area (Å²) in [6.07, 6.45) is 1.87. The highest BCUT2D eigenvalue weighted by atomic mass is 32.2. The highest BCUT2D eigenvalue weighted by Gasteiger charge is 2.36. The molecular formula is C25H24F4N4O3S. The van der Waals surface area contributed by atoms with E-state index in [4.69, 9.17) is 0 Å². The average Bonchev–Trinajstić information content (AvgIpc) is 3.41. The summed E-state index contributed by atoms with van der Waals surface area (Å²) in [4.78, 5) is 16.7.